The Bertz CT molecular complexity index is 1630. The molecule has 9 heteroatoms. The molecule has 0 fully saturated rings. The molecule has 0 unspecified atom stereocenters. The van der Waals surface area contributed by atoms with E-state index < -0.39 is 57.9 Å². The van der Waals surface area contributed by atoms with Gasteiger partial charge in [-0.15, -0.1) is 6.58 Å². The van der Waals surface area contributed by atoms with Crippen LogP contribution in [0.3, 0.4) is 0 Å². The molecule has 0 aliphatic carbocycles. The lowest BCUT2D eigenvalue weighted by atomic mass is 10.0. The summed E-state index contributed by atoms with van der Waals surface area (Å²) >= 11 is 0. The zero-order valence-electron chi connectivity index (χ0n) is 20.5. The van der Waals surface area contributed by atoms with Gasteiger partial charge in [0.1, 0.15) is 28.8 Å². The molecular weight excluding hydrogens is 540 g/mol. The zero-order chi connectivity index (χ0) is 29.0. The van der Waals surface area contributed by atoms with Gasteiger partial charge in [-0.25, -0.2) is 26.3 Å². The predicted molar refractivity (Wildman–Crippen MR) is 134 cm³/mol. The fourth-order valence-corrected chi connectivity index (χ4v) is 3.76. The second-order valence-electron chi connectivity index (χ2n) is 8.60. The average Bonchev–Trinajstić information content (AvgIpc) is 2.89. The molecule has 0 atom stereocenters. The van der Waals surface area contributed by atoms with Crippen LogP contribution in [0.25, 0.3) is 11.1 Å². The number of hydrogen-bond donors (Lipinski definition) is 0. The van der Waals surface area contributed by atoms with Crippen molar-refractivity contribution in [1.82, 2.24) is 0 Å². The quantitative estimate of drug-likeness (QED) is 0.0953. The molecule has 4 aromatic rings. The lowest BCUT2D eigenvalue weighted by Gasteiger charge is -2.19. The van der Waals surface area contributed by atoms with Gasteiger partial charge in [0.2, 0.25) is 0 Å². The third kappa shape index (κ3) is 6.34. The molecule has 4 aromatic carbocycles. The number of benzene rings is 4. The minimum absolute atomic E-state index is 0.0126. The third-order valence-corrected chi connectivity index (χ3v) is 5.78. The molecular formula is C31H18F8O. The number of alkyl halides is 2. The Morgan fingerprint density at radius 1 is 0.725 bits per heavy atom. The number of halogens is 8. The number of rotatable bonds is 7. The van der Waals surface area contributed by atoms with Crippen LogP contribution in [-0.2, 0) is 12.5 Å². The van der Waals surface area contributed by atoms with Gasteiger partial charge in [-0.3, -0.25) is 0 Å². The molecule has 0 saturated heterocycles. The van der Waals surface area contributed by atoms with Crippen LogP contribution < -0.4 is 4.74 Å². The Morgan fingerprint density at radius 3 is 2.08 bits per heavy atom. The monoisotopic (exact) mass is 558 g/mol. The highest BCUT2D eigenvalue weighted by Gasteiger charge is 2.38. The van der Waals surface area contributed by atoms with Gasteiger partial charge in [-0.05, 0) is 78.6 Å². The van der Waals surface area contributed by atoms with E-state index in [1.165, 1.54) is 12.1 Å². The van der Waals surface area contributed by atoms with Gasteiger partial charge in [0.05, 0.1) is 5.56 Å². The van der Waals surface area contributed by atoms with Gasteiger partial charge in [0, 0.05) is 17.2 Å². The van der Waals surface area contributed by atoms with Gasteiger partial charge in [0.15, 0.2) is 17.5 Å². The van der Waals surface area contributed by atoms with Crippen LogP contribution >= 0.6 is 0 Å². The van der Waals surface area contributed by atoms with Crippen LogP contribution in [0.5, 0.6) is 5.75 Å². The number of aryl methyl sites for hydroxylation is 1. The highest BCUT2D eigenvalue weighted by molar-refractivity contribution is 5.65. The Labute approximate surface area is 224 Å². The summed E-state index contributed by atoms with van der Waals surface area (Å²) < 4.78 is 118. The van der Waals surface area contributed by atoms with E-state index >= 15 is 0 Å². The Morgan fingerprint density at radius 2 is 1.45 bits per heavy atom. The van der Waals surface area contributed by atoms with Crippen molar-refractivity contribution in [3.63, 3.8) is 0 Å². The van der Waals surface area contributed by atoms with E-state index in [9.17, 15) is 35.1 Å². The molecule has 0 aromatic heterocycles. The van der Waals surface area contributed by atoms with Crippen LogP contribution in [0.15, 0.2) is 79.4 Å². The molecule has 0 N–H and O–H groups in total. The first-order valence-corrected chi connectivity index (χ1v) is 11.7. The average molecular weight is 558 g/mol. The summed E-state index contributed by atoms with van der Waals surface area (Å²) in [6.45, 7) is 3.60. The zero-order valence-corrected chi connectivity index (χ0v) is 20.5. The molecule has 1 nitrogen and oxygen atoms in total. The second-order valence-corrected chi connectivity index (χ2v) is 8.60. The lowest BCUT2D eigenvalue weighted by molar-refractivity contribution is -0.187. The van der Waals surface area contributed by atoms with Crippen LogP contribution in [0.2, 0.25) is 0 Å². The van der Waals surface area contributed by atoms with Crippen molar-refractivity contribution >= 4 is 0 Å². The number of ether oxygens (including phenoxy) is 1. The minimum Gasteiger partial charge on any atom is -0.429 e. The smallest absolute Gasteiger partial charge is 0.429 e. The maximum atomic E-state index is 14.8. The van der Waals surface area contributed by atoms with E-state index in [2.05, 4.69) is 23.2 Å². The SMILES string of the molecule is C=CCCc1ccc(C#Cc2ccc(C(F)(F)Oc3ccc(-c4cc(F)c(F)c(F)c4)c(F)c3)c(F)c2)c(F)c1. The van der Waals surface area contributed by atoms with Crippen molar-refractivity contribution in [3.8, 4) is 28.7 Å². The lowest BCUT2D eigenvalue weighted by Crippen LogP contribution is -2.23. The summed E-state index contributed by atoms with van der Waals surface area (Å²) in [7, 11) is 0. The van der Waals surface area contributed by atoms with Crippen molar-refractivity contribution < 1.29 is 39.9 Å². The van der Waals surface area contributed by atoms with Gasteiger partial charge in [-0.2, -0.15) is 8.78 Å². The van der Waals surface area contributed by atoms with E-state index in [0.29, 0.717) is 31.0 Å². The van der Waals surface area contributed by atoms with Gasteiger partial charge >= 0.3 is 6.11 Å². The number of allylic oxidation sites excluding steroid dienone is 1. The van der Waals surface area contributed by atoms with E-state index in [1.807, 2.05) is 0 Å². The van der Waals surface area contributed by atoms with Gasteiger partial charge < -0.3 is 4.74 Å². The van der Waals surface area contributed by atoms with Crippen molar-refractivity contribution in [3.05, 3.63) is 137 Å². The summed E-state index contributed by atoms with van der Waals surface area (Å²) in [5.41, 5.74) is -1.20. The molecule has 0 spiro atoms. The largest absolute Gasteiger partial charge is 0.429 e. The van der Waals surface area contributed by atoms with Crippen LogP contribution in [-0.4, -0.2) is 0 Å². The van der Waals surface area contributed by atoms with Crippen LogP contribution in [0, 0.1) is 46.7 Å². The Kier molecular flexibility index (Phi) is 8.29. The summed E-state index contributed by atoms with van der Waals surface area (Å²) in [4.78, 5) is 0. The molecule has 204 valence electrons. The van der Waals surface area contributed by atoms with Crippen molar-refractivity contribution in [2.75, 3.05) is 0 Å². The normalized spacial score (nSPS) is 11.1. The van der Waals surface area contributed by atoms with Gasteiger partial charge in [-0.1, -0.05) is 24.0 Å². The molecule has 40 heavy (non-hydrogen) atoms. The topological polar surface area (TPSA) is 9.23 Å². The summed E-state index contributed by atoms with van der Waals surface area (Å²) in [6.07, 6.45) is -1.29. The maximum absolute atomic E-state index is 14.8. The molecule has 0 amide bonds. The first-order valence-electron chi connectivity index (χ1n) is 11.7. The first-order chi connectivity index (χ1) is 19.0. The molecule has 0 heterocycles. The van der Waals surface area contributed by atoms with Crippen molar-refractivity contribution in [2.45, 2.75) is 19.0 Å². The summed E-state index contributed by atoms with van der Waals surface area (Å²) in [6, 6.07) is 10.4. The fraction of sp³-hybridized carbons (Fsp3) is 0.0968. The highest BCUT2D eigenvalue weighted by Crippen LogP contribution is 2.35. The van der Waals surface area contributed by atoms with E-state index in [0.717, 1.165) is 35.9 Å². The second kappa shape index (κ2) is 11.7. The first kappa shape index (κ1) is 28.4. The molecule has 0 aliphatic rings. The summed E-state index contributed by atoms with van der Waals surface area (Å²) in [5, 5.41) is 0. The molecule has 0 aliphatic heterocycles. The van der Waals surface area contributed by atoms with Crippen LogP contribution in [0.1, 0.15) is 28.7 Å². The van der Waals surface area contributed by atoms with Crippen molar-refractivity contribution in [1.29, 1.82) is 0 Å². The fourth-order valence-electron chi connectivity index (χ4n) is 3.76. The third-order valence-electron chi connectivity index (χ3n) is 5.78. The van der Waals surface area contributed by atoms with E-state index in [-0.39, 0.29) is 16.7 Å². The van der Waals surface area contributed by atoms with Gasteiger partial charge in [0.25, 0.3) is 0 Å². The maximum Gasteiger partial charge on any atom is 0.429 e. The summed E-state index contributed by atoms with van der Waals surface area (Å²) in [5.74, 6) is -3.71. The Hall–Kier alpha value is -4.58. The molecule has 0 saturated carbocycles. The molecule has 0 radical (unpaired) electrons. The molecule has 0 bridgehead atoms. The highest BCUT2D eigenvalue weighted by atomic mass is 19.3. The Balaban J connectivity index is 1.52. The van der Waals surface area contributed by atoms with E-state index in [4.69, 9.17) is 0 Å². The van der Waals surface area contributed by atoms with Crippen LogP contribution in [0.4, 0.5) is 35.1 Å². The standard InChI is InChI=1S/C31H18F8O/c1-2-3-4-18-5-8-20(25(32)13-18)9-6-19-7-12-24(27(34)14-19)31(38,39)40-22-10-11-23(26(33)17-22)21-15-28(35)30(37)29(36)16-21/h2,5,7-8,10-17H,1,3-4H2. The minimum atomic E-state index is -4.26. The van der Waals surface area contributed by atoms with E-state index in [1.54, 1.807) is 12.1 Å². The molecule has 4 rings (SSSR count). The van der Waals surface area contributed by atoms with Crippen molar-refractivity contribution in [2.24, 2.45) is 0 Å². The predicted octanol–water partition coefficient (Wildman–Crippen LogP) is 8.83. The number of hydrogen-bond acceptors (Lipinski definition) is 1.